The molecule has 2 aromatic heterocycles. The molecule has 0 bridgehead atoms. The fourth-order valence-corrected chi connectivity index (χ4v) is 3.45. The van der Waals surface area contributed by atoms with Gasteiger partial charge in [-0.3, -0.25) is 0 Å². The van der Waals surface area contributed by atoms with E-state index in [4.69, 9.17) is 16.0 Å². The molecule has 4 rings (SSSR count). The van der Waals surface area contributed by atoms with Crippen LogP contribution < -0.4 is 5.55 Å². The van der Waals surface area contributed by atoms with E-state index in [1.54, 1.807) is 12.1 Å². The Labute approximate surface area is 151 Å². The average Bonchev–Trinajstić information content (AvgIpc) is 3.11. The molecule has 0 aliphatic heterocycles. The van der Waals surface area contributed by atoms with Gasteiger partial charge in [-0.15, -0.1) is 11.3 Å². The van der Waals surface area contributed by atoms with Crippen LogP contribution in [0.15, 0.2) is 63.5 Å². The molecule has 4 aromatic rings. The molecule has 124 valence electrons. The molecular weight excluding hydrogens is 360 g/mol. The lowest BCUT2D eigenvalue weighted by atomic mass is 10.1. The van der Waals surface area contributed by atoms with Gasteiger partial charge < -0.3 is 14.7 Å². The number of aromatic hydroxyl groups is 1. The highest BCUT2D eigenvalue weighted by atomic mass is 35.5. The minimum Gasteiger partial charge on any atom is -0.508 e. The topological polar surface area (TPSA) is 78.9 Å². The van der Waals surface area contributed by atoms with Gasteiger partial charge in [0.15, 0.2) is 0 Å². The number of rotatable bonds is 2. The van der Waals surface area contributed by atoms with Crippen molar-refractivity contribution in [2.24, 2.45) is 5.16 Å². The molecular formula is C18H11ClN2O3S. The standard InChI is InChI=1S/C18H11ClN2O3S/c19-12-4-1-10(2-5-12)15-9-25-18(20-15)14-7-11-3-6-13(22)8-16(11)24-17(14)21-23/h1-9,22-23H/b21-17+. The van der Waals surface area contributed by atoms with Gasteiger partial charge in [0.05, 0.1) is 11.3 Å². The molecule has 5 nitrogen and oxygen atoms in total. The molecule has 25 heavy (non-hydrogen) atoms. The number of aromatic nitrogens is 1. The number of phenolic OH excluding ortho intramolecular Hbond substituents is 1. The van der Waals surface area contributed by atoms with Crippen molar-refractivity contribution in [2.45, 2.75) is 0 Å². The lowest BCUT2D eigenvalue weighted by Gasteiger charge is -2.02. The van der Waals surface area contributed by atoms with Gasteiger partial charge in [0.1, 0.15) is 16.3 Å². The van der Waals surface area contributed by atoms with E-state index in [-0.39, 0.29) is 11.3 Å². The molecule has 0 unspecified atom stereocenters. The summed E-state index contributed by atoms with van der Waals surface area (Å²) < 4.78 is 5.58. The van der Waals surface area contributed by atoms with E-state index in [9.17, 15) is 10.3 Å². The van der Waals surface area contributed by atoms with Crippen molar-refractivity contribution in [2.75, 3.05) is 0 Å². The summed E-state index contributed by atoms with van der Waals surface area (Å²) in [6.45, 7) is 0. The second kappa shape index (κ2) is 6.23. The molecule has 0 radical (unpaired) electrons. The zero-order chi connectivity index (χ0) is 17.4. The van der Waals surface area contributed by atoms with E-state index in [1.807, 2.05) is 35.7 Å². The first-order chi connectivity index (χ1) is 12.1. The van der Waals surface area contributed by atoms with Crippen molar-refractivity contribution in [1.82, 2.24) is 4.98 Å². The molecule has 0 fully saturated rings. The zero-order valence-electron chi connectivity index (χ0n) is 12.7. The Hall–Kier alpha value is -2.83. The van der Waals surface area contributed by atoms with E-state index in [2.05, 4.69) is 10.1 Å². The Balaban J connectivity index is 1.84. The number of hydrogen-bond donors (Lipinski definition) is 2. The van der Waals surface area contributed by atoms with Crippen LogP contribution in [0.4, 0.5) is 0 Å². The Morgan fingerprint density at radius 1 is 1.08 bits per heavy atom. The Morgan fingerprint density at radius 3 is 2.64 bits per heavy atom. The number of hydrogen-bond acceptors (Lipinski definition) is 6. The van der Waals surface area contributed by atoms with E-state index >= 15 is 0 Å². The van der Waals surface area contributed by atoms with Crippen molar-refractivity contribution in [3.8, 4) is 27.6 Å². The van der Waals surface area contributed by atoms with Crippen LogP contribution in [0.1, 0.15) is 0 Å². The first kappa shape index (κ1) is 15.7. The van der Waals surface area contributed by atoms with Crippen LogP contribution in [0.2, 0.25) is 5.02 Å². The minimum absolute atomic E-state index is 0.0371. The van der Waals surface area contributed by atoms with Crippen LogP contribution in [0.5, 0.6) is 5.75 Å². The Morgan fingerprint density at radius 2 is 1.88 bits per heavy atom. The molecule has 0 saturated heterocycles. The van der Waals surface area contributed by atoms with E-state index in [1.165, 1.54) is 17.4 Å². The second-order valence-corrected chi connectivity index (χ2v) is 6.63. The normalized spacial score (nSPS) is 12.0. The van der Waals surface area contributed by atoms with Gasteiger partial charge in [-0.2, -0.15) is 0 Å². The van der Waals surface area contributed by atoms with Gasteiger partial charge in [0, 0.05) is 27.4 Å². The summed E-state index contributed by atoms with van der Waals surface area (Å²) in [5.74, 6) is 0.0761. The van der Waals surface area contributed by atoms with Gasteiger partial charge >= 0.3 is 0 Å². The average molecular weight is 371 g/mol. The summed E-state index contributed by atoms with van der Waals surface area (Å²) in [4.78, 5) is 4.61. The first-order valence-corrected chi connectivity index (χ1v) is 8.56. The van der Waals surface area contributed by atoms with Gasteiger partial charge in [-0.25, -0.2) is 4.98 Å². The Bertz CT molecular complexity index is 1130. The molecule has 2 aromatic carbocycles. The highest BCUT2D eigenvalue weighted by molar-refractivity contribution is 7.13. The molecule has 0 aliphatic carbocycles. The maximum absolute atomic E-state index is 9.56. The summed E-state index contributed by atoms with van der Waals surface area (Å²) in [6.07, 6.45) is 0. The number of halogens is 1. The fourth-order valence-electron chi connectivity index (χ4n) is 2.49. The SMILES string of the molecule is O/N=c1/oc2cc(O)ccc2cc1-c1nc(-c2ccc(Cl)cc2)cs1. The number of nitrogens with zero attached hydrogens (tertiary/aromatic N) is 2. The lowest BCUT2D eigenvalue weighted by molar-refractivity contribution is 0.277. The first-order valence-electron chi connectivity index (χ1n) is 7.31. The lowest BCUT2D eigenvalue weighted by Crippen LogP contribution is -2.05. The molecule has 2 N–H and O–H groups in total. The van der Waals surface area contributed by atoms with Crippen LogP contribution in [0.25, 0.3) is 32.8 Å². The van der Waals surface area contributed by atoms with Gasteiger partial charge in [0.2, 0.25) is 0 Å². The van der Waals surface area contributed by atoms with Crippen LogP contribution in [-0.4, -0.2) is 15.3 Å². The zero-order valence-corrected chi connectivity index (χ0v) is 14.3. The minimum atomic E-state index is 0.0371. The third kappa shape index (κ3) is 2.97. The van der Waals surface area contributed by atoms with Crippen molar-refractivity contribution < 1.29 is 14.7 Å². The summed E-state index contributed by atoms with van der Waals surface area (Å²) in [5.41, 5.74) is 2.77. The van der Waals surface area contributed by atoms with E-state index in [0.29, 0.717) is 21.2 Å². The van der Waals surface area contributed by atoms with Crippen molar-refractivity contribution in [3.63, 3.8) is 0 Å². The Kier molecular flexibility index (Phi) is 3.91. The fraction of sp³-hybridized carbons (Fsp3) is 0. The smallest absolute Gasteiger partial charge is 0.265 e. The number of benzene rings is 2. The molecule has 2 heterocycles. The molecule has 7 heteroatoms. The quantitative estimate of drug-likeness (QED) is 0.389. The molecule has 0 saturated carbocycles. The van der Waals surface area contributed by atoms with E-state index < -0.39 is 0 Å². The summed E-state index contributed by atoms with van der Waals surface area (Å²) in [6, 6.07) is 14.0. The maximum atomic E-state index is 9.56. The third-order valence-electron chi connectivity index (χ3n) is 3.70. The molecule has 0 spiro atoms. The highest BCUT2D eigenvalue weighted by Gasteiger charge is 2.12. The number of thiazole rings is 1. The maximum Gasteiger partial charge on any atom is 0.265 e. The van der Waals surface area contributed by atoms with Crippen LogP contribution in [0.3, 0.4) is 0 Å². The molecule has 0 atom stereocenters. The van der Waals surface area contributed by atoms with Crippen molar-refractivity contribution >= 4 is 33.9 Å². The summed E-state index contributed by atoms with van der Waals surface area (Å²) in [7, 11) is 0. The third-order valence-corrected chi connectivity index (χ3v) is 4.83. The molecule has 0 aliphatic rings. The summed E-state index contributed by atoms with van der Waals surface area (Å²) in [5, 5.41) is 26.1. The largest absolute Gasteiger partial charge is 0.508 e. The monoisotopic (exact) mass is 370 g/mol. The summed E-state index contributed by atoms with van der Waals surface area (Å²) >= 11 is 7.34. The predicted molar refractivity (Wildman–Crippen MR) is 96.8 cm³/mol. The second-order valence-electron chi connectivity index (χ2n) is 5.33. The van der Waals surface area contributed by atoms with Crippen LogP contribution in [0, 0.1) is 0 Å². The number of fused-ring (bicyclic) bond motifs is 1. The van der Waals surface area contributed by atoms with Crippen LogP contribution >= 0.6 is 22.9 Å². The highest BCUT2D eigenvalue weighted by Crippen LogP contribution is 2.30. The predicted octanol–water partition coefficient (Wildman–Crippen LogP) is 4.87. The van der Waals surface area contributed by atoms with Crippen molar-refractivity contribution in [3.05, 3.63) is 64.5 Å². The van der Waals surface area contributed by atoms with Gasteiger partial charge in [-0.05, 0) is 35.5 Å². The molecule has 0 amide bonds. The van der Waals surface area contributed by atoms with Gasteiger partial charge in [0.25, 0.3) is 5.55 Å². The van der Waals surface area contributed by atoms with Crippen LogP contribution in [-0.2, 0) is 0 Å². The van der Waals surface area contributed by atoms with Gasteiger partial charge in [-0.1, -0.05) is 23.7 Å². The van der Waals surface area contributed by atoms with Crippen molar-refractivity contribution in [1.29, 1.82) is 0 Å². The van der Waals surface area contributed by atoms with E-state index in [0.717, 1.165) is 16.6 Å². The number of phenols is 1.